The van der Waals surface area contributed by atoms with E-state index in [1.807, 2.05) is 0 Å². The monoisotopic (exact) mass is 1170 g/mol. The largest absolute Gasteiger partial charge is 0.545 e. The van der Waals surface area contributed by atoms with E-state index in [2.05, 4.69) is 29.5 Å². The van der Waals surface area contributed by atoms with Crippen LogP contribution in [0.3, 0.4) is 0 Å². The number of benzene rings is 3. The van der Waals surface area contributed by atoms with Crippen molar-refractivity contribution in [1.82, 2.24) is 10.2 Å². The third-order valence-corrected chi connectivity index (χ3v) is 7.88. The number of thioether (sulfide) groups is 2. The Hall–Kier alpha value is -2.51. The first-order valence-electron chi connectivity index (χ1n) is 14.9. The zero-order chi connectivity index (χ0) is 43.1. The van der Waals surface area contributed by atoms with E-state index in [0.717, 1.165) is 4.90 Å². The Balaban J connectivity index is -0.0000000775. The Kier molecular flexibility index (Phi) is 64.7. The van der Waals surface area contributed by atoms with Crippen molar-refractivity contribution in [2.45, 2.75) is 25.6 Å². The van der Waals surface area contributed by atoms with Crippen LogP contribution in [0.15, 0.2) is 91.0 Å². The maximum absolute atomic E-state index is 10.9. The van der Waals surface area contributed by atoms with Gasteiger partial charge in [-0.15, -0.1) is 0 Å². The first-order valence-corrected chi connectivity index (χ1v) is 17.7. The zero-order valence-corrected chi connectivity index (χ0v) is 44.9. The van der Waals surface area contributed by atoms with Crippen LogP contribution in [0.25, 0.3) is 0 Å². The number of hydrogen-bond donors (Lipinski definition) is 6. The van der Waals surface area contributed by atoms with Crippen LogP contribution in [0.4, 0.5) is 21.9 Å². The van der Waals surface area contributed by atoms with Crippen LogP contribution in [0, 0.1) is 64.4 Å². The Morgan fingerprint density at radius 1 is 0.778 bits per heavy atom. The van der Waals surface area contributed by atoms with Crippen molar-refractivity contribution in [2.24, 2.45) is 5.73 Å². The number of nitrogens with zero attached hydrogens (tertiary/aromatic N) is 4. The summed E-state index contributed by atoms with van der Waals surface area (Å²) in [6, 6.07) is 21.8. The summed E-state index contributed by atoms with van der Waals surface area (Å²) in [4.78, 5) is 78.9. The molecule has 21 nitrogen and oxygen atoms in total. The molecule has 3 unspecified atom stereocenters. The average Bonchev–Trinajstić information content (AvgIpc) is 3.95. The Morgan fingerprint density at radius 2 is 1.13 bits per heavy atom. The van der Waals surface area contributed by atoms with Gasteiger partial charge in [0.15, 0.2) is 0 Å². The molecular weight excluding hydrogens is 1120 g/mol. The molecule has 0 aliphatic carbocycles. The van der Waals surface area contributed by atoms with Gasteiger partial charge in [0.1, 0.15) is 12.1 Å². The standard InChI is InChI=1S/C6H8NO4S.3C6H5NO2.C4H6NO2S.C3H7NO2S.CHO.CH4.3CH3.3Y/c1-11-6(10)7-3-12-2-4(7)5(8)9;3*8-7(9)6-4-2-1-3-5-6;6-4(7)3-1-8-2-5-3;4-2(1-7)3(5)6;1-2;;;;;;;/h3-4H,2H2,1H3,(H,8,9);3*1-5H;2-3,5H,1H2,(H,6,7);2,7H,1,4H2,(H,5,6);1H;1H4;3*1H3;;;/q-1;;;;-1;;-1;;3*-1;;;. The third kappa shape index (κ3) is 39.6. The fourth-order valence-electron chi connectivity index (χ4n) is 3.03. The predicted molar refractivity (Wildman–Crippen MR) is 235 cm³/mol. The molecular formula is C36H50N6O15S3Y3-6. The number of nitro groups is 3. The quantitative estimate of drug-likeness (QED) is 0.0512. The van der Waals surface area contributed by atoms with Gasteiger partial charge in [-0.05, 0) is 11.5 Å². The van der Waals surface area contributed by atoms with Gasteiger partial charge in [-0.2, -0.15) is 18.5 Å². The molecule has 347 valence electrons. The molecule has 2 aliphatic heterocycles. The van der Waals surface area contributed by atoms with Crippen LogP contribution in [-0.4, -0.2) is 108 Å². The molecule has 3 aromatic rings. The van der Waals surface area contributed by atoms with Crippen molar-refractivity contribution in [3.05, 3.63) is 155 Å². The van der Waals surface area contributed by atoms with Crippen LogP contribution in [0.5, 0.6) is 0 Å². The zero-order valence-electron chi connectivity index (χ0n) is 33.8. The van der Waals surface area contributed by atoms with Crippen LogP contribution in [0.1, 0.15) is 7.43 Å². The molecule has 2 fully saturated rings. The number of non-ortho nitro benzene ring substituents is 3. The molecule has 1 amide bonds. The molecule has 2 aliphatic rings. The van der Waals surface area contributed by atoms with Gasteiger partial charge in [0, 0.05) is 140 Å². The third-order valence-electron chi connectivity index (χ3n) is 5.78. The van der Waals surface area contributed by atoms with Crippen molar-refractivity contribution in [3.8, 4) is 0 Å². The molecule has 3 aromatic carbocycles. The van der Waals surface area contributed by atoms with Crippen LogP contribution in [0.2, 0.25) is 0 Å². The number of carboxylic acid groups (broad SMARTS) is 3. The molecule has 2 heterocycles. The van der Waals surface area contributed by atoms with Gasteiger partial charge in [-0.3, -0.25) is 51.5 Å². The normalized spacial score (nSPS) is 13.2. The minimum Gasteiger partial charge on any atom is -0.545 e. The smallest absolute Gasteiger partial charge is 0.380 e. The average molecular weight is 1170 g/mol. The second-order valence-electron chi connectivity index (χ2n) is 9.58. The number of thiol groups is 1. The topological polar surface area (TPSA) is 326 Å². The van der Waals surface area contributed by atoms with Gasteiger partial charge >= 0.3 is 24.0 Å². The Morgan fingerprint density at radius 3 is 1.30 bits per heavy atom. The van der Waals surface area contributed by atoms with Gasteiger partial charge in [-0.1, -0.05) is 62.0 Å². The summed E-state index contributed by atoms with van der Waals surface area (Å²) in [5.74, 6) is 1.60. The van der Waals surface area contributed by atoms with E-state index in [9.17, 15) is 49.5 Å². The van der Waals surface area contributed by atoms with Gasteiger partial charge in [-0.25, -0.2) is 10.7 Å². The molecule has 63 heavy (non-hydrogen) atoms. The number of methoxy groups -OCH3 is 1. The molecule has 3 atom stereocenters. The van der Waals surface area contributed by atoms with E-state index in [1.165, 1.54) is 72.9 Å². The molecule has 5 rings (SSSR count). The number of aliphatic carboxylic acids is 3. The number of nitro benzene ring substituents is 3. The number of carbonyl (C=O) groups is 4. The summed E-state index contributed by atoms with van der Waals surface area (Å²) in [5, 5.41) is 57.7. The first-order chi connectivity index (χ1) is 26.6. The molecule has 0 spiro atoms. The molecule has 27 heteroatoms. The fraction of sp³-hybridized carbons (Fsp3) is 0.222. The van der Waals surface area contributed by atoms with Crippen molar-refractivity contribution in [1.29, 1.82) is 0 Å². The second kappa shape index (κ2) is 50.5. The molecule has 6 N–H and O–H groups in total. The number of para-hydroxylation sites is 3. The summed E-state index contributed by atoms with van der Waals surface area (Å²) in [6.07, 6.45) is -0.632. The van der Waals surface area contributed by atoms with E-state index in [1.54, 1.807) is 60.5 Å². The summed E-state index contributed by atoms with van der Waals surface area (Å²) in [6.45, 7) is 3.25. The second-order valence-corrected chi connectivity index (χ2v) is 11.7. The summed E-state index contributed by atoms with van der Waals surface area (Å²) < 4.78 is 4.39. The Bertz CT molecular complexity index is 1530. The number of nitrogens with two attached hydrogens (primary N) is 1. The summed E-state index contributed by atoms with van der Waals surface area (Å²) in [5.41, 5.74) is 5.35. The van der Waals surface area contributed by atoms with Gasteiger partial charge in [0.25, 0.3) is 17.1 Å². The summed E-state index contributed by atoms with van der Waals surface area (Å²) >= 11 is 6.42. The SMILES string of the molecule is C.COC(=O)N1[CH-]SCC1C(=O)O.NC(CS)C(=O)O.O=C(O)C1CS[CH-]N1.O=[N+]([O-])c1ccccc1.O=[N+]([O-])c1ccccc1.O=[N+]([O-])c1ccccc1.[CH-]=O.[CH3-].[CH3-].[CH3-].[Y].[Y].[Y]. The number of hydrogen-bond acceptors (Lipinski definition) is 17. The van der Waals surface area contributed by atoms with Crippen molar-refractivity contribution in [3.63, 3.8) is 0 Å². The van der Waals surface area contributed by atoms with E-state index in [4.69, 9.17) is 25.8 Å². The van der Waals surface area contributed by atoms with Crippen LogP contribution in [-0.2, 0) is 122 Å². The fourth-order valence-corrected chi connectivity index (χ4v) is 4.94. The van der Waals surface area contributed by atoms with Gasteiger partial charge in [0.05, 0.1) is 27.9 Å². The molecule has 3 radical (unpaired) electrons. The molecule has 0 bridgehead atoms. The van der Waals surface area contributed by atoms with E-state index in [0.29, 0.717) is 11.5 Å². The number of ether oxygens (including phenoxy) is 1. The number of amides is 1. The van der Waals surface area contributed by atoms with Crippen molar-refractivity contribution in [2.75, 3.05) is 24.4 Å². The van der Waals surface area contributed by atoms with Crippen molar-refractivity contribution < 1.29 is 157 Å². The number of rotatable bonds is 7. The van der Waals surface area contributed by atoms with Crippen molar-refractivity contribution >= 4 is 84.0 Å². The van der Waals surface area contributed by atoms with Gasteiger partial charge < -0.3 is 86.6 Å². The molecule has 0 saturated carbocycles. The maximum Gasteiger partial charge on any atom is 0.380 e. The molecule has 2 saturated heterocycles. The van der Waals surface area contributed by atoms with E-state index < -0.39 is 50.9 Å². The number of carbonyl (C=O) groups excluding carboxylic acids is 2. The Labute approximate surface area is 457 Å². The molecule has 0 aromatic heterocycles. The maximum atomic E-state index is 10.9. The van der Waals surface area contributed by atoms with E-state index in [-0.39, 0.29) is 157 Å². The van der Waals surface area contributed by atoms with E-state index >= 15 is 0 Å². The predicted octanol–water partition coefficient (Wildman–Crippen LogP) is 6.09. The minimum absolute atomic E-state index is 0. The summed E-state index contributed by atoms with van der Waals surface area (Å²) in [7, 11) is 1.22. The van der Waals surface area contributed by atoms with Gasteiger partial charge in [0.2, 0.25) is 0 Å². The number of carboxylic acids is 3. The van der Waals surface area contributed by atoms with Crippen LogP contribution < -0.4 is 11.1 Å². The van der Waals surface area contributed by atoms with Crippen LogP contribution >= 0.6 is 36.2 Å². The number of nitrogens with one attached hydrogen (secondary N) is 1. The minimum atomic E-state index is -1.01. The first kappa shape index (κ1) is 80.7.